The lowest BCUT2D eigenvalue weighted by atomic mass is 10.2. The summed E-state index contributed by atoms with van der Waals surface area (Å²) >= 11 is 0. The van der Waals surface area contributed by atoms with E-state index in [0.717, 1.165) is 0 Å². The molecule has 0 unspecified atom stereocenters. The molecule has 1 aromatic heterocycles. The Morgan fingerprint density at radius 1 is 1.50 bits per heavy atom. The third-order valence-corrected chi connectivity index (χ3v) is 1.97. The van der Waals surface area contributed by atoms with Crippen molar-refractivity contribution in [2.24, 2.45) is 0 Å². The highest BCUT2D eigenvalue weighted by molar-refractivity contribution is 5.90. The maximum absolute atomic E-state index is 11.3. The normalized spacial score (nSPS) is 9.94. The SMILES string of the molecule is COCCNc1ncc(C(=O)OC)c(C)n1. The number of anilines is 1. The van der Waals surface area contributed by atoms with Crippen molar-refractivity contribution in [2.75, 3.05) is 32.7 Å². The minimum absolute atomic E-state index is 0.375. The number of carbonyl (C=O) groups is 1. The molecule has 88 valence electrons. The number of hydrogen-bond acceptors (Lipinski definition) is 6. The highest BCUT2D eigenvalue weighted by Gasteiger charge is 2.11. The Kier molecular flexibility index (Phi) is 4.65. The van der Waals surface area contributed by atoms with Gasteiger partial charge in [-0.25, -0.2) is 14.8 Å². The first-order valence-corrected chi connectivity index (χ1v) is 4.83. The predicted molar refractivity (Wildman–Crippen MR) is 58.5 cm³/mol. The zero-order valence-electron chi connectivity index (χ0n) is 9.61. The highest BCUT2D eigenvalue weighted by atomic mass is 16.5. The van der Waals surface area contributed by atoms with Gasteiger partial charge in [0.15, 0.2) is 0 Å². The molecule has 6 heteroatoms. The molecule has 0 saturated carbocycles. The first-order valence-electron chi connectivity index (χ1n) is 4.83. The number of ether oxygens (including phenoxy) is 2. The summed E-state index contributed by atoms with van der Waals surface area (Å²) in [6.45, 7) is 2.92. The van der Waals surface area contributed by atoms with E-state index in [1.165, 1.54) is 13.3 Å². The molecule has 1 N–H and O–H groups in total. The van der Waals surface area contributed by atoms with Gasteiger partial charge in [-0.3, -0.25) is 0 Å². The molecule has 1 rings (SSSR count). The van der Waals surface area contributed by atoms with Gasteiger partial charge < -0.3 is 14.8 Å². The van der Waals surface area contributed by atoms with Crippen LogP contribution in [-0.2, 0) is 9.47 Å². The van der Waals surface area contributed by atoms with E-state index in [1.54, 1.807) is 14.0 Å². The largest absolute Gasteiger partial charge is 0.465 e. The Morgan fingerprint density at radius 2 is 2.25 bits per heavy atom. The number of rotatable bonds is 5. The smallest absolute Gasteiger partial charge is 0.341 e. The van der Waals surface area contributed by atoms with Crippen molar-refractivity contribution in [3.05, 3.63) is 17.5 Å². The van der Waals surface area contributed by atoms with Crippen LogP contribution < -0.4 is 5.32 Å². The Bertz CT molecular complexity index is 368. The first kappa shape index (κ1) is 12.4. The third-order valence-electron chi connectivity index (χ3n) is 1.97. The summed E-state index contributed by atoms with van der Waals surface area (Å²) in [5.74, 6) is 0.0446. The molecule has 0 amide bonds. The van der Waals surface area contributed by atoms with Crippen molar-refractivity contribution in [1.82, 2.24) is 9.97 Å². The van der Waals surface area contributed by atoms with Crippen molar-refractivity contribution in [3.63, 3.8) is 0 Å². The number of aryl methyl sites for hydroxylation is 1. The van der Waals surface area contributed by atoms with Gasteiger partial charge in [0.05, 0.1) is 25.0 Å². The Balaban J connectivity index is 2.71. The second kappa shape index (κ2) is 6.02. The minimum atomic E-state index is -0.430. The minimum Gasteiger partial charge on any atom is -0.465 e. The van der Waals surface area contributed by atoms with Crippen LogP contribution in [0.4, 0.5) is 5.95 Å². The number of aromatic nitrogens is 2. The summed E-state index contributed by atoms with van der Waals surface area (Å²) in [4.78, 5) is 19.4. The van der Waals surface area contributed by atoms with Crippen molar-refractivity contribution >= 4 is 11.9 Å². The van der Waals surface area contributed by atoms with Gasteiger partial charge in [-0.2, -0.15) is 0 Å². The maximum atomic E-state index is 11.3. The monoisotopic (exact) mass is 225 g/mol. The lowest BCUT2D eigenvalue weighted by Gasteiger charge is -2.06. The molecule has 0 saturated heterocycles. The third kappa shape index (κ3) is 3.16. The molecule has 0 fully saturated rings. The molecular weight excluding hydrogens is 210 g/mol. The number of nitrogens with zero attached hydrogens (tertiary/aromatic N) is 2. The number of methoxy groups -OCH3 is 2. The van der Waals surface area contributed by atoms with Crippen LogP contribution in [0.25, 0.3) is 0 Å². The molecule has 0 aliphatic rings. The molecule has 0 aliphatic carbocycles. The second-order valence-electron chi connectivity index (χ2n) is 3.10. The van der Waals surface area contributed by atoms with Gasteiger partial charge >= 0.3 is 5.97 Å². The molecule has 1 aromatic rings. The summed E-state index contributed by atoms with van der Waals surface area (Å²) in [6, 6.07) is 0. The van der Waals surface area contributed by atoms with Gasteiger partial charge in [-0.1, -0.05) is 0 Å². The highest BCUT2D eigenvalue weighted by Crippen LogP contribution is 2.07. The van der Waals surface area contributed by atoms with E-state index in [4.69, 9.17) is 4.74 Å². The fraction of sp³-hybridized carbons (Fsp3) is 0.500. The standard InChI is InChI=1S/C10H15N3O3/c1-7-8(9(14)16-3)6-12-10(13-7)11-4-5-15-2/h6H,4-5H2,1-3H3,(H,11,12,13). The van der Waals surface area contributed by atoms with Crippen molar-refractivity contribution < 1.29 is 14.3 Å². The molecule has 0 bridgehead atoms. The number of carbonyl (C=O) groups excluding carboxylic acids is 1. The summed E-state index contributed by atoms with van der Waals surface area (Å²) in [5.41, 5.74) is 0.960. The van der Waals surface area contributed by atoms with E-state index >= 15 is 0 Å². The van der Waals surface area contributed by atoms with Crippen LogP contribution in [0.15, 0.2) is 6.20 Å². The van der Waals surface area contributed by atoms with Crippen LogP contribution in [0.3, 0.4) is 0 Å². The van der Waals surface area contributed by atoms with Gasteiger partial charge in [-0.15, -0.1) is 0 Å². The number of hydrogen-bond donors (Lipinski definition) is 1. The molecule has 6 nitrogen and oxygen atoms in total. The zero-order valence-corrected chi connectivity index (χ0v) is 9.61. The Hall–Kier alpha value is -1.69. The fourth-order valence-corrected chi connectivity index (χ4v) is 1.13. The number of nitrogens with one attached hydrogen (secondary N) is 1. The summed E-state index contributed by atoms with van der Waals surface area (Å²) in [6.07, 6.45) is 1.45. The van der Waals surface area contributed by atoms with Crippen molar-refractivity contribution in [1.29, 1.82) is 0 Å². The van der Waals surface area contributed by atoms with E-state index in [-0.39, 0.29) is 0 Å². The Labute approximate surface area is 94.0 Å². The quantitative estimate of drug-likeness (QED) is 0.585. The average molecular weight is 225 g/mol. The lowest BCUT2D eigenvalue weighted by molar-refractivity contribution is 0.0599. The molecule has 0 aliphatic heterocycles. The van der Waals surface area contributed by atoms with Crippen LogP contribution in [-0.4, -0.2) is 43.3 Å². The fourth-order valence-electron chi connectivity index (χ4n) is 1.13. The molecule has 0 atom stereocenters. The van der Waals surface area contributed by atoms with Gasteiger partial charge in [0.1, 0.15) is 0 Å². The van der Waals surface area contributed by atoms with Crippen LogP contribution in [0.1, 0.15) is 16.1 Å². The number of esters is 1. The maximum Gasteiger partial charge on any atom is 0.341 e. The van der Waals surface area contributed by atoms with Crippen LogP contribution in [0, 0.1) is 6.92 Å². The van der Waals surface area contributed by atoms with E-state index in [0.29, 0.717) is 30.4 Å². The van der Waals surface area contributed by atoms with E-state index in [2.05, 4.69) is 20.0 Å². The van der Waals surface area contributed by atoms with Crippen molar-refractivity contribution in [3.8, 4) is 0 Å². The van der Waals surface area contributed by atoms with Gasteiger partial charge in [0.25, 0.3) is 0 Å². The first-order chi connectivity index (χ1) is 7.69. The molecule has 16 heavy (non-hydrogen) atoms. The van der Waals surface area contributed by atoms with Crippen LogP contribution >= 0.6 is 0 Å². The molecule has 1 heterocycles. The Morgan fingerprint density at radius 3 is 2.81 bits per heavy atom. The summed E-state index contributed by atoms with van der Waals surface area (Å²) < 4.78 is 9.48. The zero-order chi connectivity index (χ0) is 12.0. The van der Waals surface area contributed by atoms with E-state index in [9.17, 15) is 4.79 Å². The predicted octanol–water partition coefficient (Wildman–Crippen LogP) is 0.630. The van der Waals surface area contributed by atoms with Gasteiger partial charge in [0.2, 0.25) is 5.95 Å². The molecule has 0 spiro atoms. The van der Waals surface area contributed by atoms with Crippen LogP contribution in [0.2, 0.25) is 0 Å². The van der Waals surface area contributed by atoms with E-state index < -0.39 is 5.97 Å². The topological polar surface area (TPSA) is 73.3 Å². The summed E-state index contributed by atoms with van der Waals surface area (Å²) in [7, 11) is 2.95. The van der Waals surface area contributed by atoms with Crippen molar-refractivity contribution in [2.45, 2.75) is 6.92 Å². The van der Waals surface area contributed by atoms with Gasteiger partial charge in [-0.05, 0) is 6.92 Å². The van der Waals surface area contributed by atoms with Crippen LogP contribution in [0.5, 0.6) is 0 Å². The molecule has 0 radical (unpaired) electrons. The lowest BCUT2D eigenvalue weighted by Crippen LogP contribution is -2.13. The second-order valence-corrected chi connectivity index (χ2v) is 3.10. The van der Waals surface area contributed by atoms with Gasteiger partial charge in [0, 0.05) is 19.9 Å². The molecule has 0 aromatic carbocycles. The summed E-state index contributed by atoms with van der Waals surface area (Å²) in [5, 5.41) is 2.97. The molecular formula is C10H15N3O3. The average Bonchev–Trinajstić information content (AvgIpc) is 2.29. The van der Waals surface area contributed by atoms with E-state index in [1.807, 2.05) is 0 Å².